The average Bonchev–Trinajstić information content (AvgIpc) is 2.95. The number of phenolic OH excluding ortho intramolecular Hbond substituents is 2. The minimum atomic E-state index is -1.87. The minimum Gasteiger partial charge on any atom is -0.508 e. The van der Waals surface area contributed by atoms with Crippen LogP contribution in [0.1, 0.15) is 6.92 Å². The van der Waals surface area contributed by atoms with E-state index >= 15 is 0 Å². The van der Waals surface area contributed by atoms with E-state index < -0.39 is 90.3 Å². The molecule has 1 aromatic heterocycles. The summed E-state index contributed by atoms with van der Waals surface area (Å²) in [4.78, 5) is 13.7. The molecule has 2 aromatic carbocycles. The SMILES string of the molecule is C[C@H]1O[C@@H](O)[C@H](Oc2cc(O)c3c(=O)c(O[C@H]4O[C@@H](CO)[C@H](O)[C@@H](O)[C@@H]4O)c(-c4ccc(O)cc4)oc3c2)[C@@H](O)[C@@H]1O. The summed E-state index contributed by atoms with van der Waals surface area (Å²) >= 11 is 0. The summed E-state index contributed by atoms with van der Waals surface area (Å²) in [6.07, 6.45) is -15.5. The molecule has 2 fully saturated rings. The van der Waals surface area contributed by atoms with Gasteiger partial charge in [0.2, 0.25) is 17.5 Å². The van der Waals surface area contributed by atoms with E-state index in [1.165, 1.54) is 37.3 Å². The molecule has 0 radical (unpaired) electrons. The van der Waals surface area contributed by atoms with Crippen molar-refractivity contribution in [1.82, 2.24) is 0 Å². The Morgan fingerprint density at radius 3 is 2.19 bits per heavy atom. The van der Waals surface area contributed by atoms with Crippen molar-refractivity contribution < 1.29 is 69.3 Å². The van der Waals surface area contributed by atoms with Crippen molar-refractivity contribution >= 4 is 11.0 Å². The van der Waals surface area contributed by atoms with Crippen molar-refractivity contribution in [2.75, 3.05) is 6.61 Å². The van der Waals surface area contributed by atoms with Crippen molar-refractivity contribution in [3.05, 3.63) is 46.6 Å². The van der Waals surface area contributed by atoms with Crippen LogP contribution in [-0.4, -0.2) is 114 Å². The van der Waals surface area contributed by atoms with Gasteiger partial charge in [0.1, 0.15) is 64.8 Å². The molecule has 0 bridgehead atoms. The van der Waals surface area contributed by atoms with Crippen LogP contribution in [0.5, 0.6) is 23.0 Å². The van der Waals surface area contributed by atoms with Crippen molar-refractivity contribution in [2.24, 2.45) is 0 Å². The third-order valence-corrected chi connectivity index (χ3v) is 7.19. The van der Waals surface area contributed by atoms with Gasteiger partial charge in [-0.3, -0.25) is 4.79 Å². The molecular weight excluding hydrogens is 564 g/mol. The summed E-state index contributed by atoms with van der Waals surface area (Å²) in [6, 6.07) is 7.46. The van der Waals surface area contributed by atoms with Crippen LogP contribution in [0.2, 0.25) is 0 Å². The molecular formula is C27H30O15. The molecule has 2 saturated heterocycles. The topological polar surface area (TPSA) is 249 Å². The molecule has 15 nitrogen and oxygen atoms in total. The predicted molar refractivity (Wildman–Crippen MR) is 139 cm³/mol. The highest BCUT2D eigenvalue weighted by atomic mass is 16.7. The van der Waals surface area contributed by atoms with E-state index in [4.69, 9.17) is 23.4 Å². The quantitative estimate of drug-likeness (QED) is 0.154. The van der Waals surface area contributed by atoms with E-state index in [9.17, 15) is 50.8 Å². The van der Waals surface area contributed by atoms with Gasteiger partial charge in [-0.15, -0.1) is 0 Å². The second kappa shape index (κ2) is 11.6. The van der Waals surface area contributed by atoms with E-state index in [2.05, 4.69) is 0 Å². The van der Waals surface area contributed by atoms with Crippen LogP contribution in [0, 0.1) is 0 Å². The number of aliphatic hydroxyl groups excluding tert-OH is 7. The third-order valence-electron chi connectivity index (χ3n) is 7.19. The Morgan fingerprint density at radius 2 is 1.52 bits per heavy atom. The number of hydrogen-bond acceptors (Lipinski definition) is 15. The zero-order valence-corrected chi connectivity index (χ0v) is 21.9. The lowest BCUT2D eigenvalue weighted by Crippen LogP contribution is -2.60. The maximum absolute atomic E-state index is 13.7. The molecule has 0 aliphatic carbocycles. The summed E-state index contributed by atoms with van der Waals surface area (Å²) in [6.45, 7) is 0.690. The Bertz CT molecular complexity index is 1470. The lowest BCUT2D eigenvalue weighted by molar-refractivity contribution is -0.277. The summed E-state index contributed by atoms with van der Waals surface area (Å²) in [5.74, 6) is -1.84. The van der Waals surface area contributed by atoms with Gasteiger partial charge in [0.25, 0.3) is 0 Å². The number of phenols is 2. The van der Waals surface area contributed by atoms with Crippen LogP contribution in [0.3, 0.4) is 0 Å². The van der Waals surface area contributed by atoms with Crippen LogP contribution < -0.4 is 14.9 Å². The molecule has 2 aliphatic heterocycles. The molecule has 2 aliphatic rings. The van der Waals surface area contributed by atoms with E-state index in [1.807, 2.05) is 0 Å². The third kappa shape index (κ3) is 5.37. The number of ether oxygens (including phenoxy) is 4. The zero-order valence-electron chi connectivity index (χ0n) is 21.9. The van der Waals surface area contributed by atoms with Gasteiger partial charge < -0.3 is 69.3 Å². The van der Waals surface area contributed by atoms with Crippen molar-refractivity contribution in [1.29, 1.82) is 0 Å². The first-order valence-electron chi connectivity index (χ1n) is 12.9. The first kappa shape index (κ1) is 30.0. The van der Waals surface area contributed by atoms with Gasteiger partial charge >= 0.3 is 0 Å². The molecule has 9 N–H and O–H groups in total. The van der Waals surface area contributed by atoms with Crippen molar-refractivity contribution in [3.63, 3.8) is 0 Å². The molecule has 0 saturated carbocycles. The van der Waals surface area contributed by atoms with E-state index in [0.29, 0.717) is 0 Å². The summed E-state index contributed by atoms with van der Waals surface area (Å²) < 4.78 is 27.7. The van der Waals surface area contributed by atoms with Gasteiger partial charge in [-0.2, -0.15) is 0 Å². The number of benzene rings is 2. The Kier molecular flexibility index (Phi) is 8.30. The maximum Gasteiger partial charge on any atom is 0.239 e. The Hall–Kier alpha value is -3.51. The number of rotatable bonds is 6. The fourth-order valence-electron chi connectivity index (χ4n) is 4.82. The number of aromatic hydroxyl groups is 2. The van der Waals surface area contributed by atoms with Gasteiger partial charge in [-0.05, 0) is 31.2 Å². The summed E-state index contributed by atoms with van der Waals surface area (Å²) in [5.41, 5.74) is -1.04. The van der Waals surface area contributed by atoms with E-state index in [0.717, 1.165) is 6.07 Å². The normalized spacial score (nSPS) is 33.4. The van der Waals surface area contributed by atoms with Crippen LogP contribution in [0.15, 0.2) is 45.6 Å². The molecule has 0 unspecified atom stereocenters. The summed E-state index contributed by atoms with van der Waals surface area (Å²) in [7, 11) is 0. The second-order valence-corrected chi connectivity index (χ2v) is 10.1. The molecule has 10 atom stereocenters. The van der Waals surface area contributed by atoms with Crippen LogP contribution in [0.4, 0.5) is 0 Å². The molecule has 42 heavy (non-hydrogen) atoms. The molecule has 228 valence electrons. The Balaban J connectivity index is 1.59. The van der Waals surface area contributed by atoms with E-state index in [-0.39, 0.29) is 28.4 Å². The molecule has 0 spiro atoms. The second-order valence-electron chi connectivity index (χ2n) is 10.1. The largest absolute Gasteiger partial charge is 0.508 e. The van der Waals surface area contributed by atoms with Gasteiger partial charge in [-0.1, -0.05) is 0 Å². The Labute approximate surface area is 236 Å². The number of fused-ring (bicyclic) bond motifs is 1. The lowest BCUT2D eigenvalue weighted by Gasteiger charge is -2.39. The lowest BCUT2D eigenvalue weighted by atomic mass is 9.99. The molecule has 5 rings (SSSR count). The number of hydrogen-bond donors (Lipinski definition) is 9. The minimum absolute atomic E-state index is 0.116. The van der Waals surface area contributed by atoms with E-state index in [1.54, 1.807) is 0 Å². The highest BCUT2D eigenvalue weighted by molar-refractivity contribution is 5.88. The average molecular weight is 595 g/mol. The van der Waals surface area contributed by atoms with Crippen molar-refractivity contribution in [3.8, 4) is 34.3 Å². The maximum atomic E-state index is 13.7. The fourth-order valence-corrected chi connectivity index (χ4v) is 4.82. The first-order valence-corrected chi connectivity index (χ1v) is 12.9. The first-order chi connectivity index (χ1) is 19.9. The standard InChI is InChI=1S/C27H30O15/c1-9-17(31)21(35)25(26(37)38-9)39-12-6-13(30)16-14(7-12)40-23(10-2-4-11(29)5-3-10)24(19(16)33)42-27-22(36)20(34)18(32)15(8-28)41-27/h2-7,9,15,17-18,20-22,25-32,34-37H,8H2,1H3/t9-,15+,17-,18+,20-,21+,22+,25-,26-,27-/m1/s1. The number of aliphatic hydroxyl groups is 7. The molecule has 0 amide bonds. The van der Waals surface area contributed by atoms with Crippen LogP contribution in [-0.2, 0) is 9.47 Å². The monoisotopic (exact) mass is 594 g/mol. The van der Waals surface area contributed by atoms with Crippen molar-refractivity contribution in [2.45, 2.75) is 68.3 Å². The predicted octanol–water partition coefficient (Wildman–Crippen LogP) is -1.74. The van der Waals surface area contributed by atoms with Crippen LogP contribution in [0.25, 0.3) is 22.3 Å². The highest BCUT2D eigenvalue weighted by Crippen LogP contribution is 2.38. The van der Waals surface area contributed by atoms with Gasteiger partial charge in [-0.25, -0.2) is 0 Å². The van der Waals surface area contributed by atoms with Gasteiger partial charge in [0, 0.05) is 17.7 Å². The fraction of sp³-hybridized carbons (Fsp3) is 0.444. The van der Waals surface area contributed by atoms with Crippen LogP contribution >= 0.6 is 0 Å². The zero-order chi connectivity index (χ0) is 30.5. The molecule has 3 aromatic rings. The highest BCUT2D eigenvalue weighted by Gasteiger charge is 2.46. The Morgan fingerprint density at radius 1 is 0.833 bits per heavy atom. The molecule has 3 heterocycles. The van der Waals surface area contributed by atoms with Gasteiger partial charge in [0.15, 0.2) is 18.2 Å². The smallest absolute Gasteiger partial charge is 0.239 e. The van der Waals surface area contributed by atoms with Gasteiger partial charge in [0.05, 0.1) is 12.7 Å². The molecule has 15 heteroatoms. The summed E-state index contributed by atoms with van der Waals surface area (Å²) in [5, 5.41) is 91.1.